The van der Waals surface area contributed by atoms with Gasteiger partial charge in [-0.15, -0.1) is 0 Å². The average Bonchev–Trinajstić information content (AvgIpc) is 1.86. The van der Waals surface area contributed by atoms with Crippen molar-refractivity contribution in [2.24, 2.45) is 0 Å². The molecule has 54 valence electrons. The van der Waals surface area contributed by atoms with Crippen LogP contribution in [0.3, 0.4) is 0 Å². The second kappa shape index (κ2) is 3.11. The molecule has 0 rings (SSSR count). The highest BCUT2D eigenvalue weighted by atomic mass is 31.2. The lowest BCUT2D eigenvalue weighted by Crippen LogP contribution is -1.86. The fourth-order valence-corrected chi connectivity index (χ4v) is 0.818. The van der Waals surface area contributed by atoms with Crippen molar-refractivity contribution in [2.45, 2.75) is 0 Å². The summed E-state index contributed by atoms with van der Waals surface area (Å²) < 4.78 is 31.2. The Morgan fingerprint density at radius 3 is 1.89 bits per heavy atom. The van der Waals surface area contributed by atoms with Crippen LogP contribution in [0.4, 0.5) is 4.39 Å². The molecule has 0 saturated carbocycles. The fraction of sp³-hybridized carbons (Fsp3) is 0.500. The molecule has 0 aromatic heterocycles. The first kappa shape index (κ1) is 8.82. The Hall–Kier alpha value is -0.180. The lowest BCUT2D eigenvalue weighted by molar-refractivity contribution is 0.275. The van der Waals surface area contributed by atoms with Crippen LogP contribution in [-0.4, -0.2) is 14.2 Å². The Labute approximate surface area is 53.0 Å². The lowest BCUT2D eigenvalue weighted by Gasteiger charge is -2.08. The third kappa shape index (κ3) is 1.90. The van der Waals surface area contributed by atoms with E-state index >= 15 is 0 Å². The first-order valence-corrected chi connectivity index (χ1v) is 3.67. The van der Waals surface area contributed by atoms with Crippen LogP contribution in [0.1, 0.15) is 0 Å². The molecule has 3 nitrogen and oxygen atoms in total. The number of halogens is 1. The SMILES string of the molecule is C=C(F)P(=O)(OC)OC. The minimum absolute atomic E-state index is 1.08. The van der Waals surface area contributed by atoms with Crippen LogP contribution < -0.4 is 0 Å². The van der Waals surface area contributed by atoms with Gasteiger partial charge < -0.3 is 9.05 Å². The number of rotatable bonds is 3. The maximum Gasteiger partial charge on any atom is 0.388 e. The zero-order chi connectivity index (χ0) is 7.49. The standard InChI is InChI=1S/C4H8FO3P/c1-4(5)9(6,7-2)8-3/h1H2,2-3H3. The van der Waals surface area contributed by atoms with Crippen molar-refractivity contribution in [3.05, 3.63) is 12.1 Å². The topological polar surface area (TPSA) is 35.5 Å². The van der Waals surface area contributed by atoms with E-state index in [1.54, 1.807) is 0 Å². The molecule has 0 atom stereocenters. The average molecular weight is 154 g/mol. The van der Waals surface area contributed by atoms with E-state index < -0.39 is 13.2 Å². The quantitative estimate of drug-likeness (QED) is 0.582. The molecular formula is C4H8FO3P. The van der Waals surface area contributed by atoms with Crippen LogP contribution in [0.15, 0.2) is 12.1 Å². The molecule has 0 spiro atoms. The summed E-state index contributed by atoms with van der Waals surface area (Å²) in [6.07, 6.45) is 0. The molecule has 0 heterocycles. The maximum atomic E-state index is 12.0. The van der Waals surface area contributed by atoms with E-state index in [0.29, 0.717) is 0 Å². The molecule has 0 bridgehead atoms. The summed E-state index contributed by atoms with van der Waals surface area (Å²) in [5.41, 5.74) is -1.08. The van der Waals surface area contributed by atoms with Gasteiger partial charge in [-0.05, 0) is 0 Å². The van der Waals surface area contributed by atoms with Crippen LogP contribution in [0.25, 0.3) is 0 Å². The van der Waals surface area contributed by atoms with Gasteiger partial charge in [0.2, 0.25) is 5.57 Å². The summed E-state index contributed by atoms with van der Waals surface area (Å²) in [7, 11) is -1.43. The van der Waals surface area contributed by atoms with Crippen LogP contribution in [0.2, 0.25) is 0 Å². The second-order valence-corrected chi connectivity index (χ2v) is 3.45. The molecule has 0 aliphatic rings. The minimum Gasteiger partial charge on any atom is -0.307 e. The van der Waals surface area contributed by atoms with Crippen molar-refractivity contribution in [3.8, 4) is 0 Å². The van der Waals surface area contributed by atoms with Gasteiger partial charge in [0, 0.05) is 14.2 Å². The van der Waals surface area contributed by atoms with E-state index in [1.165, 1.54) is 0 Å². The fourth-order valence-electron chi connectivity index (χ4n) is 0.273. The van der Waals surface area contributed by atoms with Crippen molar-refractivity contribution in [3.63, 3.8) is 0 Å². The Kier molecular flexibility index (Phi) is 3.04. The Balaban J connectivity index is 4.30. The van der Waals surface area contributed by atoms with E-state index in [4.69, 9.17) is 0 Å². The second-order valence-electron chi connectivity index (χ2n) is 1.24. The summed E-state index contributed by atoms with van der Waals surface area (Å²) in [5, 5.41) is 0. The molecule has 9 heavy (non-hydrogen) atoms. The van der Waals surface area contributed by atoms with Gasteiger partial charge in [0.05, 0.1) is 0 Å². The molecule has 0 N–H and O–H groups in total. The predicted octanol–water partition coefficient (Wildman–Crippen LogP) is 1.91. The van der Waals surface area contributed by atoms with Crippen molar-refractivity contribution in [2.75, 3.05) is 14.2 Å². The smallest absolute Gasteiger partial charge is 0.307 e. The van der Waals surface area contributed by atoms with E-state index in [0.717, 1.165) is 14.2 Å². The molecule has 0 aliphatic heterocycles. The molecule has 0 saturated heterocycles. The highest BCUT2D eigenvalue weighted by molar-refractivity contribution is 7.58. The van der Waals surface area contributed by atoms with Gasteiger partial charge in [-0.1, -0.05) is 6.58 Å². The van der Waals surface area contributed by atoms with E-state index in [2.05, 4.69) is 15.6 Å². The lowest BCUT2D eigenvalue weighted by atomic mass is 11.2. The first-order valence-electron chi connectivity index (χ1n) is 2.13. The molecule has 0 radical (unpaired) electrons. The van der Waals surface area contributed by atoms with E-state index in [1.807, 2.05) is 0 Å². The molecule has 0 aliphatic carbocycles. The van der Waals surface area contributed by atoms with Crippen molar-refractivity contribution in [1.82, 2.24) is 0 Å². The Morgan fingerprint density at radius 2 is 1.89 bits per heavy atom. The van der Waals surface area contributed by atoms with E-state index in [9.17, 15) is 8.96 Å². The summed E-state index contributed by atoms with van der Waals surface area (Å²) in [6, 6.07) is 0. The minimum atomic E-state index is -3.61. The largest absolute Gasteiger partial charge is 0.388 e. The van der Waals surface area contributed by atoms with Gasteiger partial charge in [-0.2, -0.15) is 4.39 Å². The highest BCUT2D eigenvalue weighted by Gasteiger charge is 2.25. The van der Waals surface area contributed by atoms with E-state index in [-0.39, 0.29) is 0 Å². The zero-order valence-electron chi connectivity index (χ0n) is 5.26. The molecule has 0 unspecified atom stereocenters. The van der Waals surface area contributed by atoms with Gasteiger partial charge in [0.15, 0.2) is 0 Å². The van der Waals surface area contributed by atoms with Crippen LogP contribution in [0, 0.1) is 0 Å². The van der Waals surface area contributed by atoms with Crippen LogP contribution in [0.5, 0.6) is 0 Å². The summed E-state index contributed by atoms with van der Waals surface area (Å²) in [6.45, 7) is 2.79. The first-order chi connectivity index (χ1) is 4.06. The molecule has 0 aromatic rings. The number of hydrogen-bond donors (Lipinski definition) is 0. The third-order valence-corrected chi connectivity index (χ3v) is 2.33. The molecule has 5 heteroatoms. The Bertz CT molecular complexity index is 148. The van der Waals surface area contributed by atoms with Crippen LogP contribution >= 0.6 is 7.60 Å². The summed E-state index contributed by atoms with van der Waals surface area (Å²) >= 11 is 0. The van der Waals surface area contributed by atoms with Gasteiger partial charge in [-0.25, -0.2) is 0 Å². The monoisotopic (exact) mass is 154 g/mol. The molecule has 0 amide bonds. The summed E-state index contributed by atoms with van der Waals surface area (Å²) in [5.74, 6) is 0. The molecule has 0 fully saturated rings. The van der Waals surface area contributed by atoms with Crippen molar-refractivity contribution < 1.29 is 18.0 Å². The number of hydrogen-bond acceptors (Lipinski definition) is 3. The highest BCUT2D eigenvalue weighted by Crippen LogP contribution is 2.54. The maximum absolute atomic E-state index is 12.0. The third-order valence-electron chi connectivity index (χ3n) is 0.778. The van der Waals surface area contributed by atoms with Crippen molar-refractivity contribution in [1.29, 1.82) is 0 Å². The Morgan fingerprint density at radius 1 is 1.56 bits per heavy atom. The van der Waals surface area contributed by atoms with Crippen molar-refractivity contribution >= 4 is 7.60 Å². The summed E-state index contributed by atoms with van der Waals surface area (Å²) in [4.78, 5) is 0. The normalized spacial score (nSPS) is 11.4. The predicted molar refractivity (Wildman–Crippen MR) is 31.9 cm³/mol. The zero-order valence-corrected chi connectivity index (χ0v) is 6.15. The molecule has 0 aromatic carbocycles. The van der Waals surface area contributed by atoms with Gasteiger partial charge in [0.25, 0.3) is 0 Å². The van der Waals surface area contributed by atoms with Gasteiger partial charge in [0.1, 0.15) is 0 Å². The molecular weight excluding hydrogens is 146 g/mol. The van der Waals surface area contributed by atoms with Gasteiger partial charge >= 0.3 is 7.60 Å². The van der Waals surface area contributed by atoms with Crippen LogP contribution in [-0.2, 0) is 13.6 Å². The van der Waals surface area contributed by atoms with Gasteiger partial charge in [-0.3, -0.25) is 4.57 Å².